The van der Waals surface area contributed by atoms with E-state index in [4.69, 9.17) is 0 Å². The Morgan fingerprint density at radius 1 is 1.42 bits per heavy atom. The van der Waals surface area contributed by atoms with Crippen molar-refractivity contribution in [2.75, 3.05) is 0 Å². The highest BCUT2D eigenvalue weighted by molar-refractivity contribution is 5.98. The molecule has 0 bridgehead atoms. The van der Waals surface area contributed by atoms with Gasteiger partial charge < -0.3 is 4.57 Å². The summed E-state index contributed by atoms with van der Waals surface area (Å²) in [7, 11) is 0. The van der Waals surface area contributed by atoms with E-state index in [1.165, 1.54) is 6.33 Å². The van der Waals surface area contributed by atoms with Crippen molar-refractivity contribution in [3.8, 4) is 0 Å². The van der Waals surface area contributed by atoms with Crippen LogP contribution in [0.3, 0.4) is 0 Å². The molecule has 0 radical (unpaired) electrons. The van der Waals surface area contributed by atoms with Crippen LogP contribution in [0.25, 0.3) is 0 Å². The summed E-state index contributed by atoms with van der Waals surface area (Å²) < 4.78 is 2.13. The van der Waals surface area contributed by atoms with Crippen LogP contribution in [-0.2, 0) is 6.42 Å². The molecule has 1 atom stereocenters. The highest BCUT2D eigenvalue weighted by Gasteiger charge is 2.34. The van der Waals surface area contributed by atoms with Gasteiger partial charge in [-0.15, -0.1) is 0 Å². The van der Waals surface area contributed by atoms with E-state index in [9.17, 15) is 4.79 Å². The molecule has 0 amide bonds. The zero-order valence-electron chi connectivity index (χ0n) is 11.5. The molecule has 5 nitrogen and oxygen atoms in total. The lowest BCUT2D eigenvalue weighted by atomic mass is 9.76. The number of nitrogens with zero attached hydrogens (tertiary/aromatic N) is 3. The molecule has 100 valence electrons. The molecule has 1 aliphatic carbocycles. The number of rotatable bonds is 2. The molecule has 0 saturated heterocycles. The summed E-state index contributed by atoms with van der Waals surface area (Å²) in [6, 6.07) is 1.99. The molecular formula is C14H18N4O. The van der Waals surface area contributed by atoms with E-state index < -0.39 is 0 Å². The van der Waals surface area contributed by atoms with Gasteiger partial charge in [-0.3, -0.25) is 9.89 Å². The first-order chi connectivity index (χ1) is 8.98. The first-order valence-electron chi connectivity index (χ1n) is 6.56. The van der Waals surface area contributed by atoms with Crippen molar-refractivity contribution in [1.29, 1.82) is 0 Å². The number of nitrogens with one attached hydrogen (secondary N) is 1. The summed E-state index contributed by atoms with van der Waals surface area (Å²) in [4.78, 5) is 16.4. The Labute approximate surface area is 112 Å². The Balaban J connectivity index is 2.04. The molecule has 0 fully saturated rings. The lowest BCUT2D eigenvalue weighted by molar-refractivity contribution is 0.0909. The van der Waals surface area contributed by atoms with Gasteiger partial charge in [0.2, 0.25) is 0 Å². The lowest BCUT2D eigenvalue weighted by Crippen LogP contribution is -2.28. The van der Waals surface area contributed by atoms with Gasteiger partial charge in [0.1, 0.15) is 12.2 Å². The molecule has 3 rings (SSSR count). The van der Waals surface area contributed by atoms with Crippen LogP contribution in [-0.4, -0.2) is 25.5 Å². The van der Waals surface area contributed by atoms with Crippen molar-refractivity contribution in [1.82, 2.24) is 19.7 Å². The van der Waals surface area contributed by atoms with Crippen LogP contribution in [0.1, 0.15) is 55.1 Å². The SMILES string of the molecule is CC(c1ncn[nH]1)n1ccc2c1CC(C)(C)CC2=O. The number of carbonyl (C=O) groups is 1. The Bertz CT molecular complexity index is 609. The smallest absolute Gasteiger partial charge is 0.165 e. The average Bonchev–Trinajstić information content (AvgIpc) is 2.94. The summed E-state index contributed by atoms with van der Waals surface area (Å²) >= 11 is 0. The first kappa shape index (κ1) is 12.1. The van der Waals surface area contributed by atoms with Crippen molar-refractivity contribution in [2.24, 2.45) is 5.41 Å². The van der Waals surface area contributed by atoms with Gasteiger partial charge in [-0.05, 0) is 24.8 Å². The predicted molar refractivity (Wildman–Crippen MR) is 71.1 cm³/mol. The molecule has 2 aromatic rings. The third-order valence-corrected chi connectivity index (χ3v) is 3.86. The fourth-order valence-corrected chi connectivity index (χ4v) is 2.88. The maximum absolute atomic E-state index is 12.2. The Kier molecular flexibility index (Phi) is 2.59. The third kappa shape index (κ3) is 1.99. The summed E-state index contributed by atoms with van der Waals surface area (Å²) in [5.41, 5.74) is 2.01. The molecule has 0 saturated carbocycles. The number of aromatic amines is 1. The van der Waals surface area contributed by atoms with Crippen molar-refractivity contribution in [3.05, 3.63) is 35.7 Å². The minimum absolute atomic E-state index is 0.0291. The molecule has 0 aliphatic heterocycles. The van der Waals surface area contributed by atoms with Gasteiger partial charge in [-0.25, -0.2) is 4.98 Å². The highest BCUT2D eigenvalue weighted by Crippen LogP contribution is 2.36. The van der Waals surface area contributed by atoms with E-state index in [1.54, 1.807) is 0 Å². The first-order valence-corrected chi connectivity index (χ1v) is 6.56. The normalized spacial score (nSPS) is 19.2. The number of hydrogen-bond acceptors (Lipinski definition) is 3. The molecule has 0 aromatic carbocycles. The number of ketones is 1. The second kappa shape index (κ2) is 4.05. The van der Waals surface area contributed by atoms with Gasteiger partial charge >= 0.3 is 0 Å². The molecule has 0 spiro atoms. The molecule has 1 aliphatic rings. The van der Waals surface area contributed by atoms with E-state index in [0.717, 1.165) is 23.5 Å². The summed E-state index contributed by atoms with van der Waals surface area (Å²) in [5.74, 6) is 1.06. The van der Waals surface area contributed by atoms with Crippen LogP contribution in [0, 0.1) is 5.41 Å². The number of carbonyl (C=O) groups excluding carboxylic acids is 1. The molecular weight excluding hydrogens is 240 g/mol. The zero-order valence-corrected chi connectivity index (χ0v) is 11.5. The fraction of sp³-hybridized carbons (Fsp3) is 0.500. The zero-order chi connectivity index (χ0) is 13.6. The van der Waals surface area contributed by atoms with E-state index in [-0.39, 0.29) is 17.2 Å². The van der Waals surface area contributed by atoms with Crippen LogP contribution in [0.4, 0.5) is 0 Å². The second-order valence-corrected chi connectivity index (χ2v) is 6.07. The minimum Gasteiger partial charge on any atom is -0.340 e. The van der Waals surface area contributed by atoms with Crippen molar-refractivity contribution in [3.63, 3.8) is 0 Å². The largest absolute Gasteiger partial charge is 0.340 e. The number of H-pyrrole nitrogens is 1. The molecule has 1 unspecified atom stereocenters. The monoisotopic (exact) mass is 258 g/mol. The van der Waals surface area contributed by atoms with Gasteiger partial charge in [0.15, 0.2) is 5.78 Å². The van der Waals surface area contributed by atoms with Gasteiger partial charge in [-0.1, -0.05) is 13.8 Å². The molecule has 2 aromatic heterocycles. The molecule has 19 heavy (non-hydrogen) atoms. The number of Topliss-reactive ketones (excluding diaryl/α,β-unsaturated/α-hetero) is 1. The maximum atomic E-state index is 12.2. The van der Waals surface area contributed by atoms with Crippen molar-refractivity contribution in [2.45, 2.75) is 39.7 Å². The number of fused-ring (bicyclic) bond motifs is 1. The summed E-state index contributed by atoms with van der Waals surface area (Å²) in [6.07, 6.45) is 5.04. The third-order valence-electron chi connectivity index (χ3n) is 3.86. The topological polar surface area (TPSA) is 63.6 Å². The Hall–Kier alpha value is -1.91. The van der Waals surface area contributed by atoms with Crippen LogP contribution in [0.2, 0.25) is 0 Å². The van der Waals surface area contributed by atoms with Crippen LogP contribution < -0.4 is 0 Å². The minimum atomic E-state index is 0.0291. The quantitative estimate of drug-likeness (QED) is 0.899. The standard InChI is InChI=1S/C14H18N4O/c1-9(13-15-8-16-17-13)18-5-4-10-11(18)6-14(2,3)7-12(10)19/h4-5,8-9H,6-7H2,1-3H3,(H,15,16,17). The van der Waals surface area contributed by atoms with Crippen molar-refractivity contribution >= 4 is 5.78 Å². The molecule has 5 heteroatoms. The summed E-state index contributed by atoms with van der Waals surface area (Å²) in [5, 5.41) is 6.79. The van der Waals surface area contributed by atoms with Gasteiger partial charge in [0.25, 0.3) is 0 Å². The van der Waals surface area contributed by atoms with Crippen LogP contribution in [0.5, 0.6) is 0 Å². The molecule has 1 N–H and O–H groups in total. The average molecular weight is 258 g/mol. The molecule has 2 heterocycles. The van der Waals surface area contributed by atoms with E-state index >= 15 is 0 Å². The van der Waals surface area contributed by atoms with Crippen molar-refractivity contribution < 1.29 is 4.79 Å². The second-order valence-electron chi connectivity index (χ2n) is 6.07. The van der Waals surface area contributed by atoms with E-state index in [2.05, 4.69) is 40.5 Å². The van der Waals surface area contributed by atoms with E-state index in [1.807, 2.05) is 12.3 Å². The van der Waals surface area contributed by atoms with Crippen LogP contribution in [0.15, 0.2) is 18.6 Å². The number of hydrogen-bond donors (Lipinski definition) is 1. The van der Waals surface area contributed by atoms with Gasteiger partial charge in [0, 0.05) is 23.9 Å². The fourth-order valence-electron chi connectivity index (χ4n) is 2.88. The summed E-state index contributed by atoms with van der Waals surface area (Å²) in [6.45, 7) is 6.35. The van der Waals surface area contributed by atoms with Gasteiger partial charge in [-0.2, -0.15) is 5.10 Å². The predicted octanol–water partition coefficient (Wildman–Crippen LogP) is 2.37. The Morgan fingerprint density at radius 3 is 2.89 bits per heavy atom. The number of aromatic nitrogens is 4. The van der Waals surface area contributed by atoms with E-state index in [0.29, 0.717) is 6.42 Å². The Morgan fingerprint density at radius 2 is 2.21 bits per heavy atom. The lowest BCUT2D eigenvalue weighted by Gasteiger charge is -2.30. The highest BCUT2D eigenvalue weighted by atomic mass is 16.1. The maximum Gasteiger partial charge on any atom is 0.165 e. The van der Waals surface area contributed by atoms with Gasteiger partial charge in [0.05, 0.1) is 6.04 Å². The van der Waals surface area contributed by atoms with Crippen LogP contribution >= 0.6 is 0 Å².